The third-order valence-corrected chi connectivity index (χ3v) is 3.57. The number of phenolic OH excluding ortho intramolecular Hbond substituents is 1. The number of phenols is 1. The summed E-state index contributed by atoms with van der Waals surface area (Å²) in [7, 11) is 0. The third kappa shape index (κ3) is 3.58. The standard InChI is InChI=1S/C20H16O3/c21-13-18-11-17(9-10-20(18)22)16-7-4-8-19(12-16)23-14-15-5-2-1-3-6-15/h1-13,22H,14H2. The second-order valence-electron chi connectivity index (χ2n) is 5.19. The van der Waals surface area contributed by atoms with Gasteiger partial charge in [0.15, 0.2) is 6.29 Å². The maximum atomic E-state index is 11.0. The van der Waals surface area contributed by atoms with E-state index in [9.17, 15) is 9.90 Å². The molecule has 0 unspecified atom stereocenters. The SMILES string of the molecule is O=Cc1cc(-c2cccc(OCc3ccccc3)c2)ccc1O. The Kier molecular flexibility index (Phi) is 4.39. The van der Waals surface area contributed by atoms with Crippen LogP contribution in [0.4, 0.5) is 0 Å². The van der Waals surface area contributed by atoms with Gasteiger partial charge in [-0.15, -0.1) is 0 Å². The molecular formula is C20H16O3. The Bertz CT molecular complexity index is 810. The summed E-state index contributed by atoms with van der Waals surface area (Å²) < 4.78 is 5.82. The van der Waals surface area contributed by atoms with Crippen LogP contribution in [0.15, 0.2) is 72.8 Å². The highest BCUT2D eigenvalue weighted by Crippen LogP contribution is 2.27. The number of hydrogen-bond acceptors (Lipinski definition) is 3. The van der Waals surface area contributed by atoms with Crippen LogP contribution in [-0.2, 0) is 6.61 Å². The Morgan fingerprint density at radius 3 is 2.43 bits per heavy atom. The molecule has 3 rings (SSSR count). The zero-order valence-electron chi connectivity index (χ0n) is 12.5. The molecule has 0 aliphatic rings. The minimum absolute atomic E-state index is 0.0137. The summed E-state index contributed by atoms with van der Waals surface area (Å²) in [6.07, 6.45) is 0.647. The summed E-state index contributed by atoms with van der Waals surface area (Å²) >= 11 is 0. The van der Waals surface area contributed by atoms with E-state index in [0.717, 1.165) is 22.4 Å². The van der Waals surface area contributed by atoms with Crippen LogP contribution >= 0.6 is 0 Å². The Morgan fingerprint density at radius 2 is 1.65 bits per heavy atom. The van der Waals surface area contributed by atoms with Crippen molar-refractivity contribution in [2.45, 2.75) is 6.61 Å². The summed E-state index contributed by atoms with van der Waals surface area (Å²) in [4.78, 5) is 11.0. The molecule has 3 nitrogen and oxygen atoms in total. The minimum atomic E-state index is -0.0137. The highest BCUT2D eigenvalue weighted by atomic mass is 16.5. The predicted octanol–water partition coefficient (Wildman–Crippen LogP) is 4.45. The van der Waals surface area contributed by atoms with Crippen LogP contribution < -0.4 is 4.74 Å². The number of benzene rings is 3. The normalized spacial score (nSPS) is 10.3. The number of aromatic hydroxyl groups is 1. The lowest BCUT2D eigenvalue weighted by atomic mass is 10.0. The smallest absolute Gasteiger partial charge is 0.153 e. The molecule has 0 atom stereocenters. The predicted molar refractivity (Wildman–Crippen MR) is 89.7 cm³/mol. The molecular weight excluding hydrogens is 288 g/mol. The molecule has 0 saturated heterocycles. The molecule has 0 spiro atoms. The lowest BCUT2D eigenvalue weighted by Crippen LogP contribution is -1.95. The molecule has 0 aliphatic heterocycles. The van der Waals surface area contributed by atoms with Crippen molar-refractivity contribution in [1.82, 2.24) is 0 Å². The van der Waals surface area contributed by atoms with Gasteiger partial charge in [0.2, 0.25) is 0 Å². The van der Waals surface area contributed by atoms with Crippen molar-refractivity contribution in [3.63, 3.8) is 0 Å². The van der Waals surface area contributed by atoms with Crippen LogP contribution in [0.25, 0.3) is 11.1 Å². The van der Waals surface area contributed by atoms with Gasteiger partial charge in [-0.05, 0) is 41.0 Å². The Hall–Kier alpha value is -3.07. The Balaban J connectivity index is 1.81. The molecule has 23 heavy (non-hydrogen) atoms. The fourth-order valence-electron chi connectivity index (χ4n) is 2.33. The quantitative estimate of drug-likeness (QED) is 0.708. The van der Waals surface area contributed by atoms with Crippen molar-refractivity contribution in [2.75, 3.05) is 0 Å². The number of rotatable bonds is 5. The molecule has 114 valence electrons. The van der Waals surface area contributed by atoms with E-state index in [0.29, 0.717) is 12.9 Å². The van der Waals surface area contributed by atoms with Crippen molar-refractivity contribution < 1.29 is 14.6 Å². The number of carbonyl (C=O) groups excluding carboxylic acids is 1. The Morgan fingerprint density at radius 1 is 0.870 bits per heavy atom. The topological polar surface area (TPSA) is 46.5 Å². The van der Waals surface area contributed by atoms with E-state index in [1.807, 2.05) is 54.6 Å². The highest BCUT2D eigenvalue weighted by molar-refractivity contribution is 5.82. The van der Waals surface area contributed by atoms with Gasteiger partial charge in [0.1, 0.15) is 18.1 Å². The summed E-state index contributed by atoms with van der Waals surface area (Å²) in [6, 6.07) is 22.6. The van der Waals surface area contributed by atoms with Crippen molar-refractivity contribution in [2.24, 2.45) is 0 Å². The largest absolute Gasteiger partial charge is 0.507 e. The van der Waals surface area contributed by atoms with E-state index in [4.69, 9.17) is 4.74 Å². The van der Waals surface area contributed by atoms with Gasteiger partial charge < -0.3 is 9.84 Å². The summed E-state index contributed by atoms with van der Waals surface area (Å²) in [5.74, 6) is 0.743. The first kappa shape index (κ1) is 14.9. The van der Waals surface area contributed by atoms with Gasteiger partial charge in [0.25, 0.3) is 0 Å². The molecule has 0 saturated carbocycles. The molecule has 0 aromatic heterocycles. The van der Waals surface area contributed by atoms with Crippen LogP contribution in [0.5, 0.6) is 11.5 Å². The minimum Gasteiger partial charge on any atom is -0.507 e. The first-order chi connectivity index (χ1) is 11.3. The molecule has 1 N–H and O–H groups in total. The van der Waals surface area contributed by atoms with Gasteiger partial charge in [0.05, 0.1) is 5.56 Å². The maximum absolute atomic E-state index is 11.0. The van der Waals surface area contributed by atoms with Crippen LogP contribution in [0.2, 0.25) is 0 Å². The van der Waals surface area contributed by atoms with Crippen molar-refractivity contribution >= 4 is 6.29 Å². The number of aldehydes is 1. The molecule has 0 aliphatic carbocycles. The van der Waals surface area contributed by atoms with Crippen molar-refractivity contribution in [3.8, 4) is 22.6 Å². The van der Waals surface area contributed by atoms with Crippen LogP contribution in [-0.4, -0.2) is 11.4 Å². The Labute approximate surface area is 134 Å². The lowest BCUT2D eigenvalue weighted by molar-refractivity contribution is 0.112. The number of ether oxygens (including phenoxy) is 1. The molecule has 0 heterocycles. The van der Waals surface area contributed by atoms with Gasteiger partial charge in [-0.2, -0.15) is 0 Å². The molecule has 3 aromatic carbocycles. The summed E-state index contributed by atoms with van der Waals surface area (Å²) in [5, 5.41) is 9.59. The van der Waals surface area contributed by atoms with Crippen LogP contribution in [0, 0.1) is 0 Å². The molecule has 0 radical (unpaired) electrons. The van der Waals surface area contributed by atoms with Gasteiger partial charge in [-0.3, -0.25) is 4.79 Å². The first-order valence-corrected chi connectivity index (χ1v) is 7.31. The van der Waals surface area contributed by atoms with Gasteiger partial charge >= 0.3 is 0 Å². The van der Waals surface area contributed by atoms with Gasteiger partial charge in [-0.1, -0.05) is 48.5 Å². The average Bonchev–Trinajstić information content (AvgIpc) is 2.61. The maximum Gasteiger partial charge on any atom is 0.153 e. The van der Waals surface area contributed by atoms with Gasteiger partial charge in [0, 0.05) is 0 Å². The molecule has 3 aromatic rings. The fraction of sp³-hybridized carbons (Fsp3) is 0.0500. The zero-order valence-corrected chi connectivity index (χ0v) is 12.5. The monoisotopic (exact) mass is 304 g/mol. The first-order valence-electron chi connectivity index (χ1n) is 7.31. The second-order valence-corrected chi connectivity index (χ2v) is 5.19. The summed E-state index contributed by atoms with van der Waals surface area (Å²) in [5.41, 5.74) is 3.16. The average molecular weight is 304 g/mol. The van der Waals surface area contributed by atoms with Crippen molar-refractivity contribution in [1.29, 1.82) is 0 Å². The summed E-state index contributed by atoms with van der Waals surface area (Å²) in [6.45, 7) is 0.499. The van der Waals surface area contributed by atoms with Crippen LogP contribution in [0.3, 0.4) is 0 Å². The second kappa shape index (κ2) is 6.79. The van der Waals surface area contributed by atoms with E-state index >= 15 is 0 Å². The third-order valence-electron chi connectivity index (χ3n) is 3.57. The van der Waals surface area contributed by atoms with E-state index < -0.39 is 0 Å². The molecule has 0 amide bonds. The number of carbonyl (C=O) groups is 1. The van der Waals surface area contributed by atoms with Crippen LogP contribution in [0.1, 0.15) is 15.9 Å². The lowest BCUT2D eigenvalue weighted by Gasteiger charge is -2.09. The highest BCUT2D eigenvalue weighted by Gasteiger charge is 2.05. The molecule has 0 fully saturated rings. The van der Waals surface area contributed by atoms with E-state index in [1.54, 1.807) is 12.1 Å². The van der Waals surface area contributed by atoms with E-state index in [2.05, 4.69) is 0 Å². The molecule has 0 bridgehead atoms. The van der Waals surface area contributed by atoms with Gasteiger partial charge in [-0.25, -0.2) is 0 Å². The zero-order chi connectivity index (χ0) is 16.1. The number of hydrogen-bond donors (Lipinski definition) is 1. The van der Waals surface area contributed by atoms with Crippen molar-refractivity contribution in [3.05, 3.63) is 83.9 Å². The fourth-order valence-corrected chi connectivity index (χ4v) is 2.33. The van der Waals surface area contributed by atoms with E-state index in [1.165, 1.54) is 6.07 Å². The van der Waals surface area contributed by atoms with E-state index in [-0.39, 0.29) is 11.3 Å². The molecule has 3 heteroatoms.